The minimum absolute atomic E-state index is 0.136. The monoisotopic (exact) mass is 268 g/mol. The van der Waals surface area contributed by atoms with Crippen LogP contribution in [0.25, 0.3) is 0 Å². The van der Waals surface area contributed by atoms with Crippen molar-refractivity contribution in [2.75, 3.05) is 11.4 Å². The lowest BCUT2D eigenvalue weighted by molar-refractivity contribution is -0.385. The molecule has 0 spiro atoms. The standard InChI is InChI=1S/C11H9FN2O5/c12-8-4-7(14(18)19)1-2-9(8)13-5-6(11(16)17)3-10(13)15/h1-2,4,6H,3,5H2,(H,16,17). The fraction of sp³-hybridized carbons (Fsp3) is 0.273. The van der Waals surface area contributed by atoms with Crippen molar-refractivity contribution >= 4 is 23.3 Å². The number of carbonyl (C=O) groups is 2. The highest BCUT2D eigenvalue weighted by Crippen LogP contribution is 2.29. The summed E-state index contributed by atoms with van der Waals surface area (Å²) in [7, 11) is 0. The summed E-state index contributed by atoms with van der Waals surface area (Å²) in [5, 5.41) is 19.3. The Kier molecular flexibility index (Phi) is 3.16. The minimum atomic E-state index is -1.13. The Morgan fingerprint density at radius 2 is 2.21 bits per heavy atom. The minimum Gasteiger partial charge on any atom is -0.481 e. The lowest BCUT2D eigenvalue weighted by atomic mass is 10.1. The van der Waals surface area contributed by atoms with Gasteiger partial charge in [-0.3, -0.25) is 19.7 Å². The average Bonchev–Trinajstić information content (AvgIpc) is 2.71. The predicted molar refractivity (Wildman–Crippen MR) is 61.2 cm³/mol. The summed E-state index contributed by atoms with van der Waals surface area (Å²) in [6.07, 6.45) is -0.203. The van der Waals surface area contributed by atoms with Gasteiger partial charge in [-0.15, -0.1) is 0 Å². The molecule has 1 aliphatic rings. The molecule has 0 aromatic heterocycles. The van der Waals surface area contributed by atoms with Gasteiger partial charge in [-0.1, -0.05) is 0 Å². The van der Waals surface area contributed by atoms with E-state index >= 15 is 0 Å². The van der Waals surface area contributed by atoms with E-state index in [-0.39, 0.29) is 18.7 Å². The van der Waals surface area contributed by atoms with Crippen LogP contribution in [-0.4, -0.2) is 28.5 Å². The Bertz CT molecular complexity index is 574. The number of amides is 1. The Labute approximate surface area is 106 Å². The summed E-state index contributed by atoms with van der Waals surface area (Å²) >= 11 is 0. The molecule has 1 amide bonds. The molecule has 1 aliphatic heterocycles. The van der Waals surface area contributed by atoms with Crippen LogP contribution in [-0.2, 0) is 9.59 Å². The second-order valence-corrected chi connectivity index (χ2v) is 4.14. The number of halogens is 1. The number of nitrogens with zero attached hydrogens (tertiary/aromatic N) is 2. The number of benzene rings is 1. The van der Waals surface area contributed by atoms with E-state index < -0.39 is 34.2 Å². The first kappa shape index (κ1) is 12.9. The number of nitro groups is 1. The van der Waals surface area contributed by atoms with Gasteiger partial charge in [-0.25, -0.2) is 4.39 Å². The SMILES string of the molecule is O=C(O)C1CC(=O)N(c2ccc([N+](=O)[O-])cc2F)C1. The van der Waals surface area contributed by atoms with Crippen molar-refractivity contribution < 1.29 is 24.0 Å². The van der Waals surface area contributed by atoms with Crippen LogP contribution in [0.2, 0.25) is 0 Å². The molecule has 1 atom stereocenters. The molecule has 0 bridgehead atoms. The van der Waals surface area contributed by atoms with Crippen molar-refractivity contribution in [3.63, 3.8) is 0 Å². The highest BCUT2D eigenvalue weighted by Gasteiger charge is 2.36. The number of hydrogen-bond acceptors (Lipinski definition) is 4. The van der Waals surface area contributed by atoms with E-state index in [0.29, 0.717) is 6.07 Å². The number of non-ortho nitro benzene ring substituents is 1. The van der Waals surface area contributed by atoms with Crippen molar-refractivity contribution in [3.8, 4) is 0 Å². The summed E-state index contributed by atoms with van der Waals surface area (Å²) in [4.78, 5) is 33.1. The maximum Gasteiger partial charge on any atom is 0.308 e. The van der Waals surface area contributed by atoms with Crippen LogP contribution in [0.4, 0.5) is 15.8 Å². The fourth-order valence-corrected chi connectivity index (χ4v) is 1.93. The zero-order valence-electron chi connectivity index (χ0n) is 9.58. The number of carboxylic acid groups (broad SMARTS) is 1. The van der Waals surface area contributed by atoms with Crippen LogP contribution < -0.4 is 4.90 Å². The molecule has 1 saturated heterocycles. The van der Waals surface area contributed by atoms with Gasteiger partial charge in [0, 0.05) is 19.0 Å². The van der Waals surface area contributed by atoms with Crippen molar-refractivity contribution in [1.29, 1.82) is 0 Å². The lowest BCUT2D eigenvalue weighted by Gasteiger charge is -2.16. The van der Waals surface area contributed by atoms with E-state index in [4.69, 9.17) is 5.11 Å². The van der Waals surface area contributed by atoms with Gasteiger partial charge in [0.2, 0.25) is 5.91 Å². The number of hydrogen-bond donors (Lipinski definition) is 1. The third-order valence-corrected chi connectivity index (χ3v) is 2.91. The molecule has 8 heteroatoms. The van der Waals surface area contributed by atoms with Gasteiger partial charge in [0.1, 0.15) is 0 Å². The molecule has 19 heavy (non-hydrogen) atoms. The summed E-state index contributed by atoms with van der Waals surface area (Å²) in [5.41, 5.74) is -0.568. The summed E-state index contributed by atoms with van der Waals surface area (Å²) < 4.78 is 13.7. The first-order valence-corrected chi connectivity index (χ1v) is 5.37. The van der Waals surface area contributed by atoms with Crippen LogP contribution in [0.3, 0.4) is 0 Å². The number of carbonyl (C=O) groups excluding carboxylic acids is 1. The molecule has 1 fully saturated rings. The van der Waals surface area contributed by atoms with Crippen molar-refractivity contribution in [2.45, 2.75) is 6.42 Å². The van der Waals surface area contributed by atoms with Gasteiger partial charge in [-0.05, 0) is 6.07 Å². The third kappa shape index (κ3) is 2.37. The second kappa shape index (κ2) is 4.63. The third-order valence-electron chi connectivity index (χ3n) is 2.91. The Morgan fingerprint density at radius 3 is 2.68 bits per heavy atom. The van der Waals surface area contributed by atoms with Gasteiger partial charge in [0.25, 0.3) is 5.69 Å². The molecular weight excluding hydrogens is 259 g/mol. The van der Waals surface area contributed by atoms with Gasteiger partial charge in [0.15, 0.2) is 5.82 Å². The van der Waals surface area contributed by atoms with Gasteiger partial charge in [-0.2, -0.15) is 0 Å². The van der Waals surface area contributed by atoms with Crippen LogP contribution in [0.5, 0.6) is 0 Å². The smallest absolute Gasteiger partial charge is 0.308 e. The van der Waals surface area contributed by atoms with Gasteiger partial charge < -0.3 is 10.0 Å². The molecule has 0 aliphatic carbocycles. The van der Waals surface area contributed by atoms with Crippen LogP contribution in [0.15, 0.2) is 18.2 Å². The quantitative estimate of drug-likeness (QED) is 0.655. The molecule has 7 nitrogen and oxygen atoms in total. The summed E-state index contributed by atoms with van der Waals surface area (Å²) in [5.74, 6) is -3.45. The van der Waals surface area contributed by atoms with E-state index in [0.717, 1.165) is 17.0 Å². The van der Waals surface area contributed by atoms with E-state index in [1.807, 2.05) is 0 Å². The molecule has 1 aromatic carbocycles. The molecular formula is C11H9FN2O5. The number of anilines is 1. The van der Waals surface area contributed by atoms with Crippen molar-refractivity contribution in [1.82, 2.24) is 0 Å². The molecule has 1 aromatic rings. The normalized spacial score (nSPS) is 18.7. The Balaban J connectivity index is 2.30. The van der Waals surface area contributed by atoms with Crippen molar-refractivity contribution in [2.24, 2.45) is 5.92 Å². The highest BCUT2D eigenvalue weighted by atomic mass is 19.1. The molecule has 1 unspecified atom stereocenters. The van der Waals surface area contributed by atoms with E-state index in [9.17, 15) is 24.1 Å². The van der Waals surface area contributed by atoms with Crippen LogP contribution >= 0.6 is 0 Å². The van der Waals surface area contributed by atoms with E-state index in [1.165, 1.54) is 0 Å². The summed E-state index contributed by atoms with van der Waals surface area (Å²) in [6, 6.07) is 2.88. The topological polar surface area (TPSA) is 101 Å². The average molecular weight is 268 g/mol. The first-order chi connectivity index (χ1) is 8.90. The number of aliphatic carboxylic acids is 1. The van der Waals surface area contributed by atoms with E-state index in [2.05, 4.69) is 0 Å². The Hall–Kier alpha value is -2.51. The molecule has 0 radical (unpaired) electrons. The van der Waals surface area contributed by atoms with Crippen LogP contribution in [0.1, 0.15) is 6.42 Å². The van der Waals surface area contributed by atoms with Gasteiger partial charge >= 0.3 is 5.97 Å². The van der Waals surface area contributed by atoms with Gasteiger partial charge in [0.05, 0.1) is 22.6 Å². The number of carboxylic acids is 1. The molecule has 1 N–H and O–H groups in total. The predicted octanol–water partition coefficient (Wildman–Crippen LogP) is 1.17. The summed E-state index contributed by atoms with van der Waals surface area (Å²) in [6.45, 7) is -0.136. The number of rotatable bonds is 3. The molecule has 2 rings (SSSR count). The van der Waals surface area contributed by atoms with Crippen LogP contribution in [0, 0.1) is 21.8 Å². The zero-order valence-corrected chi connectivity index (χ0v) is 9.58. The molecule has 100 valence electrons. The molecule has 0 saturated carbocycles. The van der Waals surface area contributed by atoms with E-state index in [1.54, 1.807) is 0 Å². The van der Waals surface area contributed by atoms with Crippen molar-refractivity contribution in [3.05, 3.63) is 34.1 Å². The lowest BCUT2D eigenvalue weighted by Crippen LogP contribution is -2.26. The Morgan fingerprint density at radius 1 is 1.53 bits per heavy atom. The maximum atomic E-state index is 13.7. The highest BCUT2D eigenvalue weighted by molar-refractivity contribution is 5.99. The second-order valence-electron chi connectivity index (χ2n) is 4.14. The largest absolute Gasteiger partial charge is 0.481 e. The fourth-order valence-electron chi connectivity index (χ4n) is 1.93. The number of nitro benzene ring substituents is 1. The first-order valence-electron chi connectivity index (χ1n) is 5.37. The maximum absolute atomic E-state index is 13.7. The zero-order chi connectivity index (χ0) is 14.2. The molecule has 1 heterocycles.